The molecule has 3 rings (SSSR count). The SMILES string of the molecule is C[C@@]1(CC(=O)O)C[C@H](COc2ccc(CN)cc2)N(CCCc2ccccc2)C1=O. The first-order chi connectivity index (χ1) is 14.4. The van der Waals surface area contributed by atoms with Crippen LogP contribution in [0.5, 0.6) is 5.75 Å². The van der Waals surface area contributed by atoms with Crippen LogP contribution >= 0.6 is 0 Å². The second-order valence-electron chi connectivity index (χ2n) is 8.24. The van der Waals surface area contributed by atoms with Crippen LogP contribution in [0.15, 0.2) is 54.6 Å². The Morgan fingerprint density at radius 3 is 2.50 bits per heavy atom. The number of carbonyl (C=O) groups is 2. The summed E-state index contributed by atoms with van der Waals surface area (Å²) in [6.07, 6.45) is 2.00. The van der Waals surface area contributed by atoms with Crippen LogP contribution in [0.3, 0.4) is 0 Å². The fourth-order valence-electron chi connectivity index (χ4n) is 4.16. The van der Waals surface area contributed by atoms with Crippen LogP contribution in [0, 0.1) is 5.41 Å². The maximum absolute atomic E-state index is 13.1. The van der Waals surface area contributed by atoms with Crippen molar-refractivity contribution in [3.05, 3.63) is 65.7 Å². The number of hydrogen-bond donors (Lipinski definition) is 2. The molecule has 1 saturated heterocycles. The Balaban J connectivity index is 1.66. The van der Waals surface area contributed by atoms with Gasteiger partial charge in [-0.05, 0) is 42.5 Å². The molecule has 3 N–H and O–H groups in total. The highest BCUT2D eigenvalue weighted by molar-refractivity contribution is 5.88. The summed E-state index contributed by atoms with van der Waals surface area (Å²) in [5, 5.41) is 9.30. The molecule has 0 bridgehead atoms. The number of aliphatic carboxylic acids is 1. The summed E-state index contributed by atoms with van der Waals surface area (Å²) >= 11 is 0. The van der Waals surface area contributed by atoms with Gasteiger partial charge < -0.3 is 20.5 Å². The van der Waals surface area contributed by atoms with Gasteiger partial charge in [0.1, 0.15) is 12.4 Å². The Labute approximate surface area is 177 Å². The van der Waals surface area contributed by atoms with E-state index in [0.29, 0.717) is 26.1 Å². The van der Waals surface area contributed by atoms with E-state index in [0.717, 1.165) is 24.2 Å². The lowest BCUT2D eigenvalue weighted by atomic mass is 9.84. The topological polar surface area (TPSA) is 92.9 Å². The summed E-state index contributed by atoms with van der Waals surface area (Å²) in [6, 6.07) is 17.6. The molecule has 6 heteroatoms. The Hall–Kier alpha value is -2.86. The first kappa shape index (κ1) is 21.8. The van der Waals surface area contributed by atoms with Gasteiger partial charge in [-0.2, -0.15) is 0 Å². The predicted molar refractivity (Wildman–Crippen MR) is 115 cm³/mol. The van der Waals surface area contributed by atoms with E-state index < -0.39 is 11.4 Å². The largest absolute Gasteiger partial charge is 0.491 e. The van der Waals surface area contributed by atoms with E-state index in [2.05, 4.69) is 12.1 Å². The molecule has 2 aromatic carbocycles. The number of carbonyl (C=O) groups excluding carboxylic acids is 1. The van der Waals surface area contributed by atoms with Gasteiger partial charge in [-0.1, -0.05) is 49.4 Å². The van der Waals surface area contributed by atoms with Crippen LogP contribution in [-0.4, -0.2) is 41.1 Å². The summed E-state index contributed by atoms with van der Waals surface area (Å²) in [4.78, 5) is 26.3. The minimum absolute atomic E-state index is 0.0926. The van der Waals surface area contributed by atoms with Crippen LogP contribution in [0.25, 0.3) is 0 Å². The molecule has 1 aliphatic rings. The van der Waals surface area contributed by atoms with Crippen molar-refractivity contribution in [1.29, 1.82) is 0 Å². The lowest BCUT2D eigenvalue weighted by Crippen LogP contribution is -2.39. The maximum atomic E-state index is 13.1. The molecular formula is C24H30N2O4. The van der Waals surface area contributed by atoms with Crippen LogP contribution in [0.4, 0.5) is 0 Å². The van der Waals surface area contributed by atoms with E-state index in [-0.39, 0.29) is 18.4 Å². The Morgan fingerprint density at radius 2 is 1.87 bits per heavy atom. The lowest BCUT2D eigenvalue weighted by Gasteiger charge is -2.25. The molecule has 160 valence electrons. The summed E-state index contributed by atoms with van der Waals surface area (Å²) in [6.45, 7) is 3.15. The molecule has 0 unspecified atom stereocenters. The quantitative estimate of drug-likeness (QED) is 0.627. The molecule has 1 amide bonds. The first-order valence-electron chi connectivity index (χ1n) is 10.4. The first-order valence-corrected chi connectivity index (χ1v) is 10.4. The molecule has 0 spiro atoms. The molecule has 1 heterocycles. The van der Waals surface area contributed by atoms with Gasteiger partial charge in [0.05, 0.1) is 17.9 Å². The maximum Gasteiger partial charge on any atom is 0.304 e. The minimum atomic E-state index is -0.950. The number of nitrogens with zero attached hydrogens (tertiary/aromatic N) is 1. The van der Waals surface area contributed by atoms with Crippen molar-refractivity contribution in [2.24, 2.45) is 11.1 Å². The fraction of sp³-hybridized carbons (Fsp3) is 0.417. The molecule has 0 aliphatic carbocycles. The third-order valence-corrected chi connectivity index (χ3v) is 5.75. The van der Waals surface area contributed by atoms with Gasteiger partial charge in [0.15, 0.2) is 0 Å². The van der Waals surface area contributed by atoms with Gasteiger partial charge >= 0.3 is 5.97 Å². The number of rotatable bonds is 10. The van der Waals surface area contributed by atoms with Gasteiger partial charge in [0.2, 0.25) is 5.91 Å². The highest BCUT2D eigenvalue weighted by Crippen LogP contribution is 2.39. The van der Waals surface area contributed by atoms with Crippen LogP contribution in [-0.2, 0) is 22.6 Å². The van der Waals surface area contributed by atoms with Gasteiger partial charge in [-0.15, -0.1) is 0 Å². The molecular weight excluding hydrogens is 380 g/mol. The van der Waals surface area contributed by atoms with Crippen molar-refractivity contribution in [3.63, 3.8) is 0 Å². The number of amides is 1. The fourth-order valence-corrected chi connectivity index (χ4v) is 4.16. The number of ether oxygens (including phenoxy) is 1. The van der Waals surface area contributed by atoms with Gasteiger partial charge in [-0.25, -0.2) is 0 Å². The van der Waals surface area contributed by atoms with Crippen molar-refractivity contribution < 1.29 is 19.4 Å². The van der Waals surface area contributed by atoms with Crippen LogP contribution < -0.4 is 10.5 Å². The molecule has 2 aromatic rings. The number of aryl methyl sites for hydroxylation is 1. The summed E-state index contributed by atoms with van der Waals surface area (Å²) in [5.74, 6) is -0.324. The molecule has 30 heavy (non-hydrogen) atoms. The zero-order valence-corrected chi connectivity index (χ0v) is 17.4. The highest BCUT2D eigenvalue weighted by Gasteiger charge is 2.49. The lowest BCUT2D eigenvalue weighted by molar-refractivity contribution is -0.146. The molecule has 0 saturated carbocycles. The predicted octanol–water partition coefficient (Wildman–Crippen LogP) is 3.24. The number of nitrogens with two attached hydrogens (primary N) is 1. The van der Waals surface area contributed by atoms with E-state index >= 15 is 0 Å². The zero-order valence-electron chi connectivity index (χ0n) is 17.4. The van der Waals surface area contributed by atoms with Crippen LogP contribution in [0.2, 0.25) is 0 Å². The Bertz CT molecular complexity index is 853. The summed E-state index contributed by atoms with van der Waals surface area (Å²) in [5.41, 5.74) is 6.99. The standard InChI is InChI=1S/C24H30N2O4/c1-24(15-22(27)28)14-20(17-30-21-11-9-19(16-25)10-12-21)26(23(24)29)13-5-8-18-6-3-2-4-7-18/h2-4,6-7,9-12,20H,5,8,13-17,25H2,1H3,(H,27,28)/t20-,24+/m1/s1. The summed E-state index contributed by atoms with van der Waals surface area (Å²) in [7, 11) is 0. The van der Waals surface area contributed by atoms with E-state index in [1.807, 2.05) is 47.4 Å². The normalized spacial score (nSPS) is 21.1. The molecule has 2 atom stereocenters. The van der Waals surface area contributed by atoms with E-state index in [1.165, 1.54) is 5.56 Å². The van der Waals surface area contributed by atoms with Crippen molar-refractivity contribution in [2.75, 3.05) is 13.2 Å². The van der Waals surface area contributed by atoms with Gasteiger partial charge in [0, 0.05) is 13.1 Å². The number of likely N-dealkylation sites (tertiary alicyclic amines) is 1. The Morgan fingerprint density at radius 1 is 1.17 bits per heavy atom. The van der Waals surface area contributed by atoms with E-state index in [4.69, 9.17) is 10.5 Å². The molecule has 0 radical (unpaired) electrons. The number of carboxylic acid groups (broad SMARTS) is 1. The highest BCUT2D eigenvalue weighted by atomic mass is 16.5. The van der Waals surface area contributed by atoms with Gasteiger partial charge in [-0.3, -0.25) is 9.59 Å². The molecule has 1 aliphatic heterocycles. The van der Waals surface area contributed by atoms with E-state index in [9.17, 15) is 14.7 Å². The Kier molecular flexibility index (Phi) is 7.11. The van der Waals surface area contributed by atoms with Crippen molar-refractivity contribution >= 4 is 11.9 Å². The number of carboxylic acids is 1. The van der Waals surface area contributed by atoms with Gasteiger partial charge in [0.25, 0.3) is 0 Å². The number of hydrogen-bond acceptors (Lipinski definition) is 4. The zero-order chi connectivity index (χ0) is 21.6. The average Bonchev–Trinajstić information content (AvgIpc) is 2.97. The van der Waals surface area contributed by atoms with E-state index in [1.54, 1.807) is 6.92 Å². The second-order valence-corrected chi connectivity index (χ2v) is 8.24. The van der Waals surface area contributed by atoms with Crippen molar-refractivity contribution in [2.45, 2.75) is 45.2 Å². The molecule has 0 aromatic heterocycles. The number of benzene rings is 2. The van der Waals surface area contributed by atoms with Crippen molar-refractivity contribution in [1.82, 2.24) is 4.90 Å². The molecule has 6 nitrogen and oxygen atoms in total. The summed E-state index contributed by atoms with van der Waals surface area (Å²) < 4.78 is 5.95. The van der Waals surface area contributed by atoms with Crippen molar-refractivity contribution in [3.8, 4) is 5.75 Å². The van der Waals surface area contributed by atoms with Crippen LogP contribution in [0.1, 0.15) is 37.3 Å². The monoisotopic (exact) mass is 410 g/mol. The molecule has 1 fully saturated rings. The minimum Gasteiger partial charge on any atom is -0.491 e. The smallest absolute Gasteiger partial charge is 0.304 e. The second kappa shape index (κ2) is 9.76. The average molecular weight is 411 g/mol. The third-order valence-electron chi connectivity index (χ3n) is 5.75. The third kappa shape index (κ3) is 5.39.